The summed E-state index contributed by atoms with van der Waals surface area (Å²) in [6.07, 6.45) is 0. The monoisotopic (exact) mass is 344 g/mol. The third-order valence-corrected chi connectivity index (χ3v) is 3.23. The molecule has 1 aromatic rings. The number of benzene rings is 1. The average molecular weight is 345 g/mol. The van der Waals surface area contributed by atoms with Crippen LogP contribution in [0.1, 0.15) is 6.92 Å². The van der Waals surface area contributed by atoms with E-state index in [1.807, 2.05) is 0 Å². The number of nitrogens with one attached hydrogen (secondary N) is 1. The maximum Gasteiger partial charge on any atom is 0.296 e. The van der Waals surface area contributed by atoms with Gasteiger partial charge < -0.3 is 5.32 Å². The van der Waals surface area contributed by atoms with Crippen molar-refractivity contribution in [2.75, 3.05) is 11.9 Å². The van der Waals surface area contributed by atoms with Crippen molar-refractivity contribution < 1.29 is 9.31 Å². The Morgan fingerprint density at radius 1 is 1.73 bits per heavy atom. The van der Waals surface area contributed by atoms with Gasteiger partial charge in [-0.3, -0.25) is 10.1 Å². The summed E-state index contributed by atoms with van der Waals surface area (Å²) in [5, 5.41) is 13.2. The number of nitro benzene ring substituents is 1. The molecule has 0 saturated carbocycles. The van der Waals surface area contributed by atoms with Crippen LogP contribution in [0, 0.1) is 19.5 Å². The first-order valence-electron chi connectivity index (χ1n) is 4.04. The molecule has 0 aromatic heterocycles. The Labute approximate surface area is 104 Å². The number of nitrogens with zero attached hydrogens (tertiary/aromatic N) is 1. The fraction of sp³-hybridized carbons (Fsp3) is 0.250. The van der Waals surface area contributed by atoms with Crippen LogP contribution in [0.15, 0.2) is 6.07 Å². The second-order valence-corrected chi connectivity index (χ2v) is 4.21. The highest BCUT2D eigenvalue weighted by molar-refractivity contribution is 14.1. The Kier molecular flexibility index (Phi) is 4.09. The van der Waals surface area contributed by atoms with Crippen molar-refractivity contribution in [2.45, 2.75) is 6.92 Å². The van der Waals surface area contributed by atoms with E-state index in [2.05, 4.69) is 5.32 Å². The van der Waals surface area contributed by atoms with Crippen LogP contribution < -0.4 is 5.32 Å². The van der Waals surface area contributed by atoms with Gasteiger partial charge in [0.05, 0.1) is 9.95 Å². The molecule has 0 aliphatic carbocycles. The summed E-state index contributed by atoms with van der Waals surface area (Å²) in [7, 11) is 0. The second kappa shape index (κ2) is 4.93. The number of halogens is 3. The molecule has 0 atom stereocenters. The quantitative estimate of drug-likeness (QED) is 0.396. The van der Waals surface area contributed by atoms with Gasteiger partial charge in [-0.15, -0.1) is 0 Å². The number of rotatable bonds is 3. The topological polar surface area (TPSA) is 55.2 Å². The zero-order chi connectivity index (χ0) is 11.6. The van der Waals surface area contributed by atoms with Gasteiger partial charge in [0.25, 0.3) is 5.69 Å². The molecule has 0 unspecified atom stereocenters. The van der Waals surface area contributed by atoms with Crippen molar-refractivity contribution in [2.24, 2.45) is 0 Å². The minimum Gasteiger partial charge on any atom is -0.377 e. The molecule has 0 radical (unpaired) electrons. The highest BCUT2D eigenvalue weighted by atomic mass is 127. The minimum atomic E-state index is -0.780. The first kappa shape index (κ1) is 12.4. The van der Waals surface area contributed by atoms with Gasteiger partial charge >= 0.3 is 0 Å². The third kappa shape index (κ3) is 2.49. The van der Waals surface area contributed by atoms with Crippen LogP contribution >= 0.6 is 34.2 Å². The minimum absolute atomic E-state index is 0.0999. The molecule has 15 heavy (non-hydrogen) atoms. The van der Waals surface area contributed by atoms with Gasteiger partial charge in [-0.2, -0.15) is 0 Å². The molecule has 0 spiro atoms. The van der Waals surface area contributed by atoms with Crippen molar-refractivity contribution >= 4 is 45.6 Å². The molecule has 0 bridgehead atoms. The summed E-state index contributed by atoms with van der Waals surface area (Å²) in [4.78, 5) is 10.0. The molecule has 82 valence electrons. The zero-order valence-corrected chi connectivity index (χ0v) is 10.6. The lowest BCUT2D eigenvalue weighted by molar-refractivity contribution is -0.384. The van der Waals surface area contributed by atoms with E-state index in [-0.39, 0.29) is 16.4 Å². The first-order chi connectivity index (χ1) is 6.99. The standard InChI is InChI=1S/C8H7ClFIN2O2/c1-2-12-8-5(13(14)15)3-4(11)6(9)7(8)10/h3,12H,2H2,1H3. The van der Waals surface area contributed by atoms with E-state index < -0.39 is 10.7 Å². The zero-order valence-electron chi connectivity index (χ0n) is 7.68. The van der Waals surface area contributed by atoms with E-state index in [0.29, 0.717) is 10.1 Å². The fourth-order valence-corrected chi connectivity index (χ4v) is 1.75. The van der Waals surface area contributed by atoms with Crippen LogP contribution in [0.5, 0.6) is 0 Å². The van der Waals surface area contributed by atoms with E-state index in [9.17, 15) is 14.5 Å². The van der Waals surface area contributed by atoms with Gasteiger partial charge in [-0.1, -0.05) is 11.6 Å². The summed E-state index contributed by atoms with van der Waals surface area (Å²) in [5.41, 5.74) is -0.462. The van der Waals surface area contributed by atoms with Crippen molar-refractivity contribution in [1.82, 2.24) is 0 Å². The van der Waals surface area contributed by atoms with E-state index >= 15 is 0 Å². The summed E-state index contributed by atoms with van der Waals surface area (Å²) < 4.78 is 13.9. The van der Waals surface area contributed by atoms with Crippen LogP contribution in [0.25, 0.3) is 0 Å². The molecular weight excluding hydrogens is 337 g/mol. The number of anilines is 1. The first-order valence-corrected chi connectivity index (χ1v) is 5.50. The predicted molar refractivity (Wildman–Crippen MR) is 64.9 cm³/mol. The van der Waals surface area contributed by atoms with E-state index in [1.165, 1.54) is 6.07 Å². The molecule has 7 heteroatoms. The average Bonchev–Trinajstić information content (AvgIpc) is 2.18. The molecule has 4 nitrogen and oxygen atoms in total. The highest BCUT2D eigenvalue weighted by Gasteiger charge is 2.22. The molecule has 1 rings (SSSR count). The predicted octanol–water partition coefficient (Wildman–Crippen LogP) is 3.42. The van der Waals surface area contributed by atoms with Crippen LogP contribution in [0.3, 0.4) is 0 Å². The lowest BCUT2D eigenvalue weighted by Gasteiger charge is -2.08. The van der Waals surface area contributed by atoms with Crippen molar-refractivity contribution in [3.05, 3.63) is 30.6 Å². The second-order valence-electron chi connectivity index (χ2n) is 2.67. The van der Waals surface area contributed by atoms with Gasteiger partial charge in [-0.25, -0.2) is 4.39 Å². The molecule has 0 amide bonds. The van der Waals surface area contributed by atoms with E-state index in [0.717, 1.165) is 0 Å². The Balaban J connectivity index is 3.43. The highest BCUT2D eigenvalue weighted by Crippen LogP contribution is 2.35. The summed E-state index contributed by atoms with van der Waals surface area (Å²) in [5.74, 6) is -0.780. The van der Waals surface area contributed by atoms with Crippen molar-refractivity contribution in [3.63, 3.8) is 0 Å². The van der Waals surface area contributed by atoms with E-state index in [1.54, 1.807) is 29.5 Å². The third-order valence-electron chi connectivity index (χ3n) is 1.69. The molecule has 0 heterocycles. The summed E-state index contributed by atoms with van der Waals surface area (Å²) >= 11 is 7.40. The largest absolute Gasteiger partial charge is 0.377 e. The fourth-order valence-electron chi connectivity index (χ4n) is 1.07. The lowest BCUT2D eigenvalue weighted by atomic mass is 10.2. The summed E-state index contributed by atoms with van der Waals surface area (Å²) in [6, 6.07) is 1.24. The van der Waals surface area contributed by atoms with Gasteiger partial charge in [0, 0.05) is 16.2 Å². The molecule has 1 N–H and O–H groups in total. The van der Waals surface area contributed by atoms with E-state index in [4.69, 9.17) is 11.6 Å². The maximum absolute atomic E-state index is 13.6. The van der Waals surface area contributed by atoms with Gasteiger partial charge in [0.15, 0.2) is 11.5 Å². The Morgan fingerprint density at radius 3 is 2.80 bits per heavy atom. The summed E-state index contributed by atoms with van der Waals surface area (Å²) in [6.45, 7) is 2.10. The number of nitro groups is 1. The molecule has 1 aromatic carbocycles. The Hall–Kier alpha value is -0.630. The number of hydrogen-bond acceptors (Lipinski definition) is 3. The molecule has 0 fully saturated rings. The molecule has 0 saturated heterocycles. The van der Waals surface area contributed by atoms with Crippen LogP contribution in [-0.4, -0.2) is 11.5 Å². The normalized spacial score (nSPS) is 10.1. The SMILES string of the molecule is CCNc1c([N+](=O)[O-])cc(I)c(Cl)c1F. The molecule has 0 aliphatic rings. The van der Waals surface area contributed by atoms with Gasteiger partial charge in [0.2, 0.25) is 0 Å². The lowest BCUT2D eigenvalue weighted by Crippen LogP contribution is -2.05. The van der Waals surface area contributed by atoms with Crippen LogP contribution in [-0.2, 0) is 0 Å². The van der Waals surface area contributed by atoms with Crippen molar-refractivity contribution in [3.8, 4) is 0 Å². The smallest absolute Gasteiger partial charge is 0.296 e. The van der Waals surface area contributed by atoms with Gasteiger partial charge in [0.1, 0.15) is 0 Å². The Bertz CT molecular complexity index is 414. The number of hydrogen-bond donors (Lipinski definition) is 1. The van der Waals surface area contributed by atoms with Crippen LogP contribution in [0.4, 0.5) is 15.8 Å². The maximum atomic E-state index is 13.6. The van der Waals surface area contributed by atoms with Crippen molar-refractivity contribution in [1.29, 1.82) is 0 Å². The molecule has 0 aliphatic heterocycles. The van der Waals surface area contributed by atoms with Crippen LogP contribution in [0.2, 0.25) is 5.02 Å². The molecular formula is C8H7ClFIN2O2. The Morgan fingerprint density at radius 2 is 2.33 bits per heavy atom. The van der Waals surface area contributed by atoms with Gasteiger partial charge in [-0.05, 0) is 29.5 Å².